The summed E-state index contributed by atoms with van der Waals surface area (Å²) in [6, 6.07) is 0.869. The minimum absolute atomic E-state index is 0.155. The number of esters is 1. The van der Waals surface area contributed by atoms with Gasteiger partial charge in [-0.2, -0.15) is 13.2 Å². The van der Waals surface area contributed by atoms with E-state index in [0.29, 0.717) is 0 Å². The van der Waals surface area contributed by atoms with Crippen LogP contribution < -0.4 is 0 Å². The monoisotopic (exact) mass is 297 g/mol. The number of hydrogen-bond acceptors (Lipinski definition) is 3. The molecule has 3 nitrogen and oxygen atoms in total. The highest BCUT2D eigenvalue weighted by atomic mass is 79.9. The van der Waals surface area contributed by atoms with Crippen LogP contribution in [0.2, 0.25) is 0 Å². The molecule has 16 heavy (non-hydrogen) atoms. The number of ether oxygens (including phenoxy) is 1. The standard InChI is InChI=1S/C9H7BrF3NO2/c1-16-7(15)3-5-2-6(9(11,12)13)8(10)14-4-5/h2,4H,3H2,1H3. The molecule has 0 N–H and O–H groups in total. The Balaban J connectivity index is 3.03. The van der Waals surface area contributed by atoms with Crippen molar-refractivity contribution in [3.05, 3.63) is 28.0 Å². The Morgan fingerprint density at radius 1 is 1.56 bits per heavy atom. The molecule has 88 valence electrons. The van der Waals surface area contributed by atoms with Gasteiger partial charge in [0.05, 0.1) is 19.1 Å². The summed E-state index contributed by atoms with van der Waals surface area (Å²) >= 11 is 2.70. The lowest BCUT2D eigenvalue weighted by atomic mass is 10.1. The third-order valence-electron chi connectivity index (χ3n) is 1.78. The van der Waals surface area contributed by atoms with Crippen LogP contribution in [0.4, 0.5) is 13.2 Å². The van der Waals surface area contributed by atoms with Crippen molar-refractivity contribution in [1.29, 1.82) is 0 Å². The molecule has 0 amide bonds. The molecule has 0 radical (unpaired) electrons. The Kier molecular flexibility index (Phi) is 3.90. The molecular weight excluding hydrogens is 291 g/mol. The average Bonchev–Trinajstić information content (AvgIpc) is 2.19. The van der Waals surface area contributed by atoms with Crippen molar-refractivity contribution in [3.63, 3.8) is 0 Å². The largest absolute Gasteiger partial charge is 0.469 e. The van der Waals surface area contributed by atoms with Crippen LogP contribution >= 0.6 is 15.9 Å². The first kappa shape index (κ1) is 13.0. The fourth-order valence-corrected chi connectivity index (χ4v) is 1.47. The van der Waals surface area contributed by atoms with Crippen molar-refractivity contribution in [2.75, 3.05) is 7.11 Å². The predicted molar refractivity (Wildman–Crippen MR) is 52.7 cm³/mol. The summed E-state index contributed by atoms with van der Waals surface area (Å²) in [6.07, 6.45) is -3.55. The molecule has 0 saturated heterocycles. The third kappa shape index (κ3) is 3.19. The second kappa shape index (κ2) is 4.82. The van der Waals surface area contributed by atoms with E-state index in [9.17, 15) is 18.0 Å². The minimum Gasteiger partial charge on any atom is -0.469 e. The highest BCUT2D eigenvalue weighted by Gasteiger charge is 2.34. The minimum atomic E-state index is -4.50. The fourth-order valence-electron chi connectivity index (χ4n) is 1.03. The Labute approximate surface area is 97.8 Å². The van der Waals surface area contributed by atoms with Gasteiger partial charge in [-0.3, -0.25) is 4.79 Å². The molecule has 0 aromatic carbocycles. The molecule has 1 aromatic rings. The van der Waals surface area contributed by atoms with Crippen molar-refractivity contribution < 1.29 is 22.7 Å². The van der Waals surface area contributed by atoms with Crippen molar-refractivity contribution in [2.24, 2.45) is 0 Å². The van der Waals surface area contributed by atoms with E-state index in [-0.39, 0.29) is 16.6 Å². The fraction of sp³-hybridized carbons (Fsp3) is 0.333. The second-order valence-electron chi connectivity index (χ2n) is 2.93. The van der Waals surface area contributed by atoms with Gasteiger partial charge in [-0.05, 0) is 27.6 Å². The summed E-state index contributed by atoms with van der Waals surface area (Å²) in [7, 11) is 1.17. The van der Waals surface area contributed by atoms with Crippen molar-refractivity contribution in [1.82, 2.24) is 4.98 Å². The van der Waals surface area contributed by atoms with Crippen LogP contribution in [0.25, 0.3) is 0 Å². The van der Waals surface area contributed by atoms with Gasteiger partial charge in [0.1, 0.15) is 4.60 Å². The number of hydrogen-bond donors (Lipinski definition) is 0. The van der Waals surface area contributed by atoms with Crippen molar-refractivity contribution in [3.8, 4) is 0 Å². The van der Waals surface area contributed by atoms with Gasteiger partial charge in [-0.25, -0.2) is 4.98 Å². The number of methoxy groups -OCH3 is 1. The Morgan fingerprint density at radius 3 is 2.69 bits per heavy atom. The molecule has 0 aliphatic carbocycles. The van der Waals surface area contributed by atoms with E-state index >= 15 is 0 Å². The number of aromatic nitrogens is 1. The van der Waals surface area contributed by atoms with Crippen molar-refractivity contribution in [2.45, 2.75) is 12.6 Å². The molecule has 0 fully saturated rings. The van der Waals surface area contributed by atoms with Gasteiger partial charge >= 0.3 is 12.1 Å². The lowest BCUT2D eigenvalue weighted by Crippen LogP contribution is -2.10. The van der Waals surface area contributed by atoms with Crippen molar-refractivity contribution >= 4 is 21.9 Å². The third-order valence-corrected chi connectivity index (χ3v) is 2.41. The van der Waals surface area contributed by atoms with Crippen LogP contribution in [0.3, 0.4) is 0 Å². The van der Waals surface area contributed by atoms with Crippen LogP contribution in [-0.4, -0.2) is 18.1 Å². The van der Waals surface area contributed by atoms with Gasteiger partial charge in [0, 0.05) is 6.20 Å². The molecule has 0 unspecified atom stereocenters. The molecule has 0 spiro atoms. The summed E-state index contributed by atoms with van der Waals surface area (Å²) in [5, 5.41) is 0. The van der Waals surface area contributed by atoms with E-state index in [2.05, 4.69) is 25.7 Å². The Hall–Kier alpha value is -1.11. The topological polar surface area (TPSA) is 39.2 Å². The smallest absolute Gasteiger partial charge is 0.419 e. The maximum Gasteiger partial charge on any atom is 0.419 e. The first-order chi connectivity index (χ1) is 7.34. The number of nitrogens with zero attached hydrogens (tertiary/aromatic N) is 1. The Morgan fingerprint density at radius 2 is 2.19 bits per heavy atom. The maximum atomic E-state index is 12.5. The van der Waals surface area contributed by atoms with Crippen LogP contribution in [0.15, 0.2) is 16.9 Å². The van der Waals surface area contributed by atoms with Gasteiger partial charge in [-0.15, -0.1) is 0 Å². The SMILES string of the molecule is COC(=O)Cc1cnc(Br)c(C(F)(F)F)c1. The zero-order valence-corrected chi connectivity index (χ0v) is 9.72. The summed E-state index contributed by atoms with van der Waals surface area (Å²) in [5.41, 5.74) is -0.753. The molecule has 0 saturated carbocycles. The highest BCUT2D eigenvalue weighted by Crippen LogP contribution is 2.34. The normalized spacial score (nSPS) is 11.3. The molecule has 0 aliphatic rings. The van der Waals surface area contributed by atoms with E-state index in [1.54, 1.807) is 0 Å². The number of rotatable bonds is 2. The van der Waals surface area contributed by atoms with Crippen LogP contribution in [-0.2, 0) is 22.1 Å². The zero-order valence-electron chi connectivity index (χ0n) is 8.14. The number of carbonyl (C=O) groups excluding carboxylic acids is 1. The molecule has 0 aliphatic heterocycles. The van der Waals surface area contributed by atoms with Gasteiger partial charge in [-0.1, -0.05) is 0 Å². The highest BCUT2D eigenvalue weighted by molar-refractivity contribution is 9.10. The van der Waals surface area contributed by atoms with Crippen LogP contribution in [0, 0.1) is 0 Å². The second-order valence-corrected chi connectivity index (χ2v) is 3.68. The van der Waals surface area contributed by atoms with Crippen LogP contribution in [0.1, 0.15) is 11.1 Å². The molecule has 0 bridgehead atoms. The van der Waals surface area contributed by atoms with E-state index in [1.807, 2.05) is 0 Å². The van der Waals surface area contributed by atoms with Crippen LogP contribution in [0.5, 0.6) is 0 Å². The maximum absolute atomic E-state index is 12.5. The first-order valence-corrected chi connectivity index (χ1v) is 4.92. The van der Waals surface area contributed by atoms with Gasteiger partial charge in [0.15, 0.2) is 0 Å². The number of halogens is 4. The molecule has 7 heteroatoms. The predicted octanol–water partition coefficient (Wildman–Crippen LogP) is 2.58. The summed E-state index contributed by atoms with van der Waals surface area (Å²) in [5.74, 6) is -0.614. The Bertz CT molecular complexity index is 406. The lowest BCUT2D eigenvalue weighted by Gasteiger charge is -2.09. The van der Waals surface area contributed by atoms with E-state index in [1.165, 1.54) is 13.3 Å². The number of pyridine rings is 1. The van der Waals surface area contributed by atoms with Gasteiger partial charge < -0.3 is 4.74 Å². The number of carbonyl (C=O) groups is 1. The zero-order chi connectivity index (χ0) is 12.3. The van der Waals surface area contributed by atoms with E-state index in [4.69, 9.17) is 0 Å². The first-order valence-electron chi connectivity index (χ1n) is 4.13. The van der Waals surface area contributed by atoms with Gasteiger partial charge in [0.2, 0.25) is 0 Å². The summed E-state index contributed by atoms with van der Waals surface area (Å²) < 4.78 is 41.4. The molecule has 1 heterocycles. The molecule has 1 aromatic heterocycles. The summed E-state index contributed by atoms with van der Waals surface area (Å²) in [4.78, 5) is 14.4. The van der Waals surface area contributed by atoms with E-state index < -0.39 is 17.7 Å². The quantitative estimate of drug-likeness (QED) is 0.622. The average molecular weight is 298 g/mol. The van der Waals surface area contributed by atoms with E-state index in [0.717, 1.165) is 6.07 Å². The van der Waals surface area contributed by atoms with Gasteiger partial charge in [0.25, 0.3) is 0 Å². The summed E-state index contributed by atoms with van der Waals surface area (Å²) in [6.45, 7) is 0. The molecule has 0 atom stereocenters. The lowest BCUT2D eigenvalue weighted by molar-refractivity contribution is -0.141. The molecule has 1 rings (SSSR count). The molecular formula is C9H7BrF3NO2. The number of alkyl halides is 3.